The van der Waals surface area contributed by atoms with Crippen LogP contribution in [0, 0.1) is 6.92 Å². The summed E-state index contributed by atoms with van der Waals surface area (Å²) >= 11 is 0. The third kappa shape index (κ3) is 3.87. The molecule has 0 saturated carbocycles. The second kappa shape index (κ2) is 7.98. The maximum absolute atomic E-state index is 12.9. The first-order valence-corrected chi connectivity index (χ1v) is 9.34. The van der Waals surface area contributed by atoms with Crippen LogP contribution >= 0.6 is 0 Å². The molecule has 0 fully saturated rings. The molecule has 0 aliphatic rings. The number of aliphatic imine (C=N–C) groups is 1. The first kappa shape index (κ1) is 18.4. The van der Waals surface area contributed by atoms with E-state index >= 15 is 0 Å². The van der Waals surface area contributed by atoms with Gasteiger partial charge in [-0.05, 0) is 47.5 Å². The zero-order valence-electron chi connectivity index (χ0n) is 16.0. The highest BCUT2D eigenvalue weighted by Crippen LogP contribution is 2.31. The number of phenolic OH excluding ortho intramolecular Hbond substituents is 1. The van der Waals surface area contributed by atoms with Crippen LogP contribution in [0.15, 0.2) is 89.9 Å². The summed E-state index contributed by atoms with van der Waals surface area (Å²) < 4.78 is 0. The molecule has 29 heavy (non-hydrogen) atoms. The zero-order valence-corrected chi connectivity index (χ0v) is 16.0. The van der Waals surface area contributed by atoms with Crippen LogP contribution in [0.4, 0.5) is 11.4 Å². The average Bonchev–Trinajstić information content (AvgIpc) is 2.75. The summed E-state index contributed by atoms with van der Waals surface area (Å²) in [5, 5.41) is 15.5. The van der Waals surface area contributed by atoms with E-state index in [0.29, 0.717) is 11.3 Å². The highest BCUT2D eigenvalue weighted by atomic mass is 16.3. The van der Waals surface area contributed by atoms with Crippen molar-refractivity contribution in [1.29, 1.82) is 0 Å². The smallest absolute Gasteiger partial charge is 0.259 e. The van der Waals surface area contributed by atoms with Gasteiger partial charge in [0.25, 0.3) is 5.91 Å². The Morgan fingerprint density at radius 1 is 0.931 bits per heavy atom. The summed E-state index contributed by atoms with van der Waals surface area (Å²) in [6.07, 6.45) is 1.61. The molecule has 4 aromatic rings. The summed E-state index contributed by atoms with van der Waals surface area (Å²) in [6.45, 7) is 1.92. The summed E-state index contributed by atoms with van der Waals surface area (Å²) in [6, 6.07) is 26.3. The van der Waals surface area contributed by atoms with E-state index in [4.69, 9.17) is 0 Å². The Hall–Kier alpha value is -3.92. The Kier molecular flexibility index (Phi) is 5.08. The number of hydrogen-bond donors (Lipinski definition) is 2. The molecular formula is C25H20N2O2. The molecule has 0 bridgehead atoms. The minimum Gasteiger partial charge on any atom is -0.506 e. The second-order valence-electron chi connectivity index (χ2n) is 6.77. The van der Waals surface area contributed by atoms with Gasteiger partial charge in [0, 0.05) is 17.5 Å². The van der Waals surface area contributed by atoms with Crippen LogP contribution < -0.4 is 5.32 Å². The Labute approximate surface area is 169 Å². The SMILES string of the molecule is Cc1ccccc1NC(=O)c1cc2ccccc2c(C=Nc2ccccc2)c1O. The van der Waals surface area contributed by atoms with Gasteiger partial charge in [0.05, 0.1) is 11.3 Å². The van der Waals surface area contributed by atoms with Crippen molar-refractivity contribution in [1.82, 2.24) is 0 Å². The van der Waals surface area contributed by atoms with Crippen molar-refractivity contribution >= 4 is 34.3 Å². The highest BCUT2D eigenvalue weighted by Gasteiger charge is 2.18. The number of amides is 1. The molecule has 2 N–H and O–H groups in total. The van der Waals surface area contributed by atoms with E-state index in [2.05, 4.69) is 10.3 Å². The number of nitrogens with zero attached hydrogens (tertiary/aromatic N) is 1. The molecular weight excluding hydrogens is 360 g/mol. The number of carbonyl (C=O) groups is 1. The molecule has 0 heterocycles. The molecule has 4 aromatic carbocycles. The van der Waals surface area contributed by atoms with E-state index in [-0.39, 0.29) is 17.2 Å². The zero-order chi connectivity index (χ0) is 20.2. The summed E-state index contributed by atoms with van der Waals surface area (Å²) in [4.78, 5) is 17.4. The standard InChI is InChI=1S/C25H20N2O2/c1-17-9-5-8-14-23(17)27-25(29)21-15-18-10-6-7-13-20(18)22(24(21)28)16-26-19-11-3-2-4-12-19/h2-16,28H,1H3,(H,27,29). The van der Waals surface area contributed by atoms with E-state index in [0.717, 1.165) is 22.0 Å². The maximum Gasteiger partial charge on any atom is 0.259 e. The fourth-order valence-electron chi connectivity index (χ4n) is 3.22. The number of fused-ring (bicyclic) bond motifs is 1. The minimum atomic E-state index is -0.364. The molecule has 0 unspecified atom stereocenters. The third-order valence-corrected chi connectivity index (χ3v) is 4.80. The molecule has 142 valence electrons. The van der Waals surface area contributed by atoms with Gasteiger partial charge in [-0.2, -0.15) is 0 Å². The van der Waals surface area contributed by atoms with Crippen LogP contribution in [0.1, 0.15) is 21.5 Å². The molecule has 0 aliphatic carbocycles. The van der Waals surface area contributed by atoms with Gasteiger partial charge in [-0.25, -0.2) is 0 Å². The lowest BCUT2D eigenvalue weighted by atomic mass is 9.99. The first-order valence-electron chi connectivity index (χ1n) is 9.34. The number of aryl methyl sites for hydroxylation is 1. The van der Waals surface area contributed by atoms with Gasteiger partial charge in [-0.3, -0.25) is 9.79 Å². The summed E-state index contributed by atoms with van der Waals surface area (Å²) in [5.41, 5.74) is 3.16. The van der Waals surface area contributed by atoms with Gasteiger partial charge in [0.2, 0.25) is 0 Å². The predicted octanol–water partition coefficient (Wildman–Crippen LogP) is 5.86. The lowest BCUT2D eigenvalue weighted by Gasteiger charge is -2.13. The van der Waals surface area contributed by atoms with E-state index in [9.17, 15) is 9.90 Å². The second-order valence-corrected chi connectivity index (χ2v) is 6.77. The first-order chi connectivity index (χ1) is 14.1. The van der Waals surface area contributed by atoms with Gasteiger partial charge in [0.15, 0.2) is 0 Å². The largest absolute Gasteiger partial charge is 0.506 e. The molecule has 0 aromatic heterocycles. The Morgan fingerprint density at radius 3 is 2.41 bits per heavy atom. The van der Waals surface area contributed by atoms with Crippen LogP contribution in [-0.2, 0) is 0 Å². The number of carbonyl (C=O) groups excluding carboxylic acids is 1. The minimum absolute atomic E-state index is 0.0885. The van der Waals surface area contributed by atoms with E-state index in [1.54, 1.807) is 12.3 Å². The molecule has 0 radical (unpaired) electrons. The predicted molar refractivity (Wildman–Crippen MR) is 118 cm³/mol. The number of phenols is 1. The van der Waals surface area contributed by atoms with E-state index in [1.807, 2.05) is 85.8 Å². The number of para-hydroxylation sites is 2. The number of aromatic hydroxyl groups is 1. The van der Waals surface area contributed by atoms with Crippen LogP contribution in [0.2, 0.25) is 0 Å². The lowest BCUT2D eigenvalue weighted by Crippen LogP contribution is -2.13. The number of anilines is 1. The quantitative estimate of drug-likeness (QED) is 0.436. The molecule has 4 rings (SSSR count). The number of rotatable bonds is 4. The van der Waals surface area contributed by atoms with E-state index < -0.39 is 0 Å². The summed E-state index contributed by atoms with van der Waals surface area (Å²) in [7, 11) is 0. The van der Waals surface area contributed by atoms with Crippen molar-refractivity contribution in [2.24, 2.45) is 4.99 Å². The molecule has 0 spiro atoms. The lowest BCUT2D eigenvalue weighted by molar-refractivity contribution is 0.102. The van der Waals surface area contributed by atoms with Crippen molar-refractivity contribution in [3.63, 3.8) is 0 Å². The van der Waals surface area contributed by atoms with Crippen LogP contribution in [0.3, 0.4) is 0 Å². The van der Waals surface area contributed by atoms with Gasteiger partial charge in [-0.1, -0.05) is 60.7 Å². The normalized spacial score (nSPS) is 11.1. The van der Waals surface area contributed by atoms with Gasteiger partial charge in [-0.15, -0.1) is 0 Å². The number of hydrogen-bond acceptors (Lipinski definition) is 3. The van der Waals surface area contributed by atoms with Crippen LogP contribution in [0.25, 0.3) is 10.8 Å². The molecule has 0 atom stereocenters. The monoisotopic (exact) mass is 380 g/mol. The Bertz CT molecular complexity index is 1210. The summed E-state index contributed by atoms with van der Waals surface area (Å²) in [5.74, 6) is -0.452. The van der Waals surface area contributed by atoms with Crippen LogP contribution in [-0.4, -0.2) is 17.2 Å². The van der Waals surface area contributed by atoms with Crippen molar-refractivity contribution in [3.8, 4) is 5.75 Å². The fourth-order valence-corrected chi connectivity index (χ4v) is 3.22. The molecule has 1 amide bonds. The van der Waals surface area contributed by atoms with Crippen molar-refractivity contribution < 1.29 is 9.90 Å². The molecule has 0 saturated heterocycles. The Balaban J connectivity index is 1.79. The highest BCUT2D eigenvalue weighted by molar-refractivity contribution is 6.13. The average molecular weight is 380 g/mol. The van der Waals surface area contributed by atoms with Gasteiger partial charge < -0.3 is 10.4 Å². The van der Waals surface area contributed by atoms with Gasteiger partial charge in [0.1, 0.15) is 5.75 Å². The molecule has 4 heteroatoms. The van der Waals surface area contributed by atoms with Crippen molar-refractivity contribution in [2.45, 2.75) is 6.92 Å². The van der Waals surface area contributed by atoms with Crippen molar-refractivity contribution in [2.75, 3.05) is 5.32 Å². The topological polar surface area (TPSA) is 61.7 Å². The van der Waals surface area contributed by atoms with Crippen LogP contribution in [0.5, 0.6) is 5.75 Å². The molecule has 0 aliphatic heterocycles. The van der Waals surface area contributed by atoms with Gasteiger partial charge >= 0.3 is 0 Å². The van der Waals surface area contributed by atoms with E-state index in [1.165, 1.54) is 0 Å². The number of benzene rings is 4. The number of nitrogens with one attached hydrogen (secondary N) is 1. The fraction of sp³-hybridized carbons (Fsp3) is 0.0400. The maximum atomic E-state index is 12.9. The third-order valence-electron chi connectivity index (χ3n) is 4.80. The molecule has 4 nitrogen and oxygen atoms in total. The Morgan fingerprint density at radius 2 is 1.62 bits per heavy atom. The van der Waals surface area contributed by atoms with Crippen molar-refractivity contribution in [3.05, 3.63) is 102 Å².